The molecular weight excluding hydrogens is 238 g/mol. The zero-order valence-corrected chi connectivity index (χ0v) is 9.74. The summed E-state index contributed by atoms with van der Waals surface area (Å²) in [5.41, 5.74) is 6.99. The van der Waals surface area contributed by atoms with Gasteiger partial charge in [0.25, 0.3) is 0 Å². The first-order valence-electron chi connectivity index (χ1n) is 4.93. The molecule has 2 aromatic rings. The third-order valence-corrected chi connectivity index (χ3v) is 2.97. The number of benzene rings is 1. The Hall–Kier alpha value is -2.01. The number of carboxylic acid groups (broad SMARTS) is 1. The summed E-state index contributed by atoms with van der Waals surface area (Å²) in [5, 5.41) is 12.8. The maximum Gasteiger partial charge on any atom is 0.337 e. The van der Waals surface area contributed by atoms with Crippen molar-refractivity contribution in [3.8, 4) is 5.75 Å². The lowest BCUT2D eigenvalue weighted by atomic mass is 10.2. The lowest BCUT2D eigenvalue weighted by Crippen LogP contribution is -2.03. The molecule has 0 saturated carbocycles. The average Bonchev–Trinajstić information content (AvgIpc) is 2.78. The molecule has 0 spiro atoms. The molecule has 0 bridgehead atoms. The number of thiophene rings is 1. The highest BCUT2D eigenvalue weighted by Gasteiger charge is 2.08. The van der Waals surface area contributed by atoms with E-state index in [1.54, 1.807) is 17.4 Å². The molecule has 0 aliphatic carbocycles. The predicted octanol–water partition coefficient (Wildman–Crippen LogP) is 2.61. The molecule has 0 radical (unpaired) electrons. The van der Waals surface area contributed by atoms with Crippen LogP contribution in [0.1, 0.15) is 15.9 Å². The smallest absolute Gasteiger partial charge is 0.337 e. The van der Waals surface area contributed by atoms with Gasteiger partial charge >= 0.3 is 5.97 Å². The Labute approximate surface area is 102 Å². The Morgan fingerprint density at radius 3 is 2.82 bits per heavy atom. The number of anilines is 1. The van der Waals surface area contributed by atoms with Crippen LogP contribution in [0.15, 0.2) is 35.0 Å². The molecule has 0 saturated heterocycles. The van der Waals surface area contributed by atoms with Gasteiger partial charge in [-0.3, -0.25) is 0 Å². The molecule has 0 aliphatic heterocycles. The molecule has 0 unspecified atom stereocenters. The van der Waals surface area contributed by atoms with Gasteiger partial charge in [-0.15, -0.1) is 0 Å². The number of ether oxygens (including phenoxy) is 1. The number of nitrogens with two attached hydrogens (primary N) is 1. The molecule has 0 aliphatic rings. The Morgan fingerprint density at radius 1 is 1.41 bits per heavy atom. The van der Waals surface area contributed by atoms with E-state index in [4.69, 9.17) is 15.6 Å². The summed E-state index contributed by atoms with van der Waals surface area (Å²) < 4.78 is 5.50. The molecule has 0 amide bonds. The van der Waals surface area contributed by atoms with Crippen molar-refractivity contribution in [1.82, 2.24) is 0 Å². The van der Waals surface area contributed by atoms with Gasteiger partial charge in [-0.2, -0.15) is 11.3 Å². The highest BCUT2D eigenvalue weighted by atomic mass is 32.1. The molecule has 17 heavy (non-hydrogen) atoms. The van der Waals surface area contributed by atoms with E-state index < -0.39 is 5.97 Å². The van der Waals surface area contributed by atoms with Gasteiger partial charge in [-0.05, 0) is 34.5 Å². The van der Waals surface area contributed by atoms with E-state index in [-0.39, 0.29) is 11.3 Å². The standard InChI is InChI=1S/C12H11NO3S/c13-11-5-9(1-2-10(11)12(14)15)16-6-8-3-4-17-7-8/h1-5,7H,6,13H2,(H,14,15). The van der Waals surface area contributed by atoms with Gasteiger partial charge in [0.05, 0.1) is 5.56 Å². The molecule has 1 heterocycles. The second-order valence-electron chi connectivity index (χ2n) is 3.47. The van der Waals surface area contributed by atoms with Crippen molar-refractivity contribution in [3.05, 3.63) is 46.2 Å². The van der Waals surface area contributed by atoms with Crippen LogP contribution in [0.2, 0.25) is 0 Å². The maximum atomic E-state index is 10.8. The second kappa shape index (κ2) is 4.88. The normalized spacial score (nSPS) is 10.1. The van der Waals surface area contributed by atoms with E-state index in [0.717, 1.165) is 5.56 Å². The minimum Gasteiger partial charge on any atom is -0.489 e. The number of hydrogen-bond donors (Lipinski definition) is 2. The topological polar surface area (TPSA) is 72.5 Å². The van der Waals surface area contributed by atoms with Gasteiger partial charge in [0.15, 0.2) is 0 Å². The number of rotatable bonds is 4. The van der Waals surface area contributed by atoms with Crippen LogP contribution in [-0.2, 0) is 6.61 Å². The highest BCUT2D eigenvalue weighted by molar-refractivity contribution is 7.07. The SMILES string of the molecule is Nc1cc(OCc2ccsc2)ccc1C(=O)O. The van der Waals surface area contributed by atoms with E-state index in [9.17, 15) is 4.79 Å². The van der Waals surface area contributed by atoms with Crippen LogP contribution < -0.4 is 10.5 Å². The van der Waals surface area contributed by atoms with Crippen LogP contribution in [0.25, 0.3) is 0 Å². The maximum absolute atomic E-state index is 10.8. The lowest BCUT2D eigenvalue weighted by Gasteiger charge is -2.07. The van der Waals surface area contributed by atoms with Gasteiger partial charge in [-0.25, -0.2) is 4.79 Å². The van der Waals surface area contributed by atoms with E-state index in [2.05, 4.69) is 0 Å². The molecule has 0 fully saturated rings. The summed E-state index contributed by atoms with van der Waals surface area (Å²) in [7, 11) is 0. The van der Waals surface area contributed by atoms with E-state index in [1.165, 1.54) is 12.1 Å². The van der Waals surface area contributed by atoms with Crippen molar-refractivity contribution >= 4 is 23.0 Å². The van der Waals surface area contributed by atoms with Gasteiger partial charge in [0.1, 0.15) is 12.4 Å². The number of nitrogen functional groups attached to an aromatic ring is 1. The van der Waals surface area contributed by atoms with Crippen LogP contribution >= 0.6 is 11.3 Å². The Kier molecular flexibility index (Phi) is 3.30. The van der Waals surface area contributed by atoms with Crippen molar-refractivity contribution in [2.45, 2.75) is 6.61 Å². The quantitative estimate of drug-likeness (QED) is 0.817. The molecule has 1 aromatic carbocycles. The molecule has 5 heteroatoms. The number of aromatic carboxylic acids is 1. The van der Waals surface area contributed by atoms with Gasteiger partial charge in [-0.1, -0.05) is 0 Å². The first kappa shape index (κ1) is 11.5. The summed E-state index contributed by atoms with van der Waals surface area (Å²) >= 11 is 1.60. The van der Waals surface area contributed by atoms with Crippen molar-refractivity contribution in [1.29, 1.82) is 0 Å². The fraction of sp³-hybridized carbons (Fsp3) is 0.0833. The largest absolute Gasteiger partial charge is 0.489 e. The highest BCUT2D eigenvalue weighted by Crippen LogP contribution is 2.21. The molecular formula is C12H11NO3S. The number of hydrogen-bond acceptors (Lipinski definition) is 4. The monoisotopic (exact) mass is 249 g/mol. The van der Waals surface area contributed by atoms with Crippen molar-refractivity contribution in [2.24, 2.45) is 0 Å². The zero-order chi connectivity index (χ0) is 12.3. The van der Waals surface area contributed by atoms with Crippen molar-refractivity contribution in [3.63, 3.8) is 0 Å². The first-order valence-corrected chi connectivity index (χ1v) is 5.88. The third kappa shape index (κ3) is 2.76. The zero-order valence-electron chi connectivity index (χ0n) is 8.92. The van der Waals surface area contributed by atoms with Crippen LogP contribution in [-0.4, -0.2) is 11.1 Å². The van der Waals surface area contributed by atoms with E-state index >= 15 is 0 Å². The molecule has 3 N–H and O–H groups in total. The van der Waals surface area contributed by atoms with Crippen LogP contribution in [0.3, 0.4) is 0 Å². The van der Waals surface area contributed by atoms with Crippen molar-refractivity contribution in [2.75, 3.05) is 5.73 Å². The van der Waals surface area contributed by atoms with Gasteiger partial charge < -0.3 is 15.6 Å². The average molecular weight is 249 g/mol. The molecule has 0 atom stereocenters. The third-order valence-electron chi connectivity index (χ3n) is 2.24. The number of carboxylic acids is 1. The minimum atomic E-state index is -1.04. The van der Waals surface area contributed by atoms with Crippen LogP contribution in [0, 0.1) is 0 Å². The van der Waals surface area contributed by atoms with Gasteiger partial charge in [0.2, 0.25) is 0 Å². The van der Waals surface area contributed by atoms with Gasteiger partial charge in [0, 0.05) is 11.8 Å². The van der Waals surface area contributed by atoms with Crippen molar-refractivity contribution < 1.29 is 14.6 Å². The summed E-state index contributed by atoms with van der Waals surface area (Å²) in [6, 6.07) is 6.54. The summed E-state index contributed by atoms with van der Waals surface area (Å²) in [6.07, 6.45) is 0. The Morgan fingerprint density at radius 2 is 2.24 bits per heavy atom. The Bertz CT molecular complexity index is 523. The van der Waals surface area contributed by atoms with Crippen LogP contribution in [0.5, 0.6) is 5.75 Å². The van der Waals surface area contributed by atoms with E-state index in [0.29, 0.717) is 12.4 Å². The fourth-order valence-electron chi connectivity index (χ4n) is 1.37. The first-order chi connectivity index (χ1) is 8.16. The summed E-state index contributed by atoms with van der Waals surface area (Å²) in [5.74, 6) is -0.467. The molecule has 88 valence electrons. The summed E-state index contributed by atoms with van der Waals surface area (Å²) in [4.78, 5) is 10.8. The Balaban J connectivity index is 2.07. The molecule has 1 aromatic heterocycles. The second-order valence-corrected chi connectivity index (χ2v) is 4.25. The molecule has 2 rings (SSSR count). The minimum absolute atomic E-state index is 0.0906. The predicted molar refractivity (Wildman–Crippen MR) is 66.5 cm³/mol. The van der Waals surface area contributed by atoms with Crippen LogP contribution in [0.4, 0.5) is 5.69 Å². The lowest BCUT2D eigenvalue weighted by molar-refractivity contribution is 0.0698. The summed E-state index contributed by atoms with van der Waals surface area (Å²) in [6.45, 7) is 0.454. The van der Waals surface area contributed by atoms with E-state index in [1.807, 2.05) is 16.8 Å². The fourth-order valence-corrected chi connectivity index (χ4v) is 2.02. The number of carbonyl (C=O) groups is 1. The molecule has 4 nitrogen and oxygen atoms in total.